The Morgan fingerprint density at radius 1 is 1.53 bits per heavy atom. The van der Waals surface area contributed by atoms with E-state index in [2.05, 4.69) is 5.32 Å². The summed E-state index contributed by atoms with van der Waals surface area (Å²) in [5, 5.41) is 2.79. The highest BCUT2D eigenvalue weighted by atomic mass is 16.5. The molecule has 4 nitrogen and oxygen atoms in total. The van der Waals surface area contributed by atoms with Crippen molar-refractivity contribution in [2.75, 3.05) is 19.7 Å². The van der Waals surface area contributed by atoms with Crippen molar-refractivity contribution in [1.82, 2.24) is 5.32 Å². The van der Waals surface area contributed by atoms with Crippen LogP contribution >= 0.6 is 0 Å². The monoisotopic (exact) mass is 214 g/mol. The molecule has 15 heavy (non-hydrogen) atoms. The Labute approximate surface area is 91.5 Å². The molecule has 1 fully saturated rings. The lowest BCUT2D eigenvalue weighted by Gasteiger charge is -2.18. The highest BCUT2D eigenvalue weighted by Crippen LogP contribution is 2.27. The Hall–Kier alpha value is -0.610. The minimum absolute atomic E-state index is 0.0143. The molecule has 88 valence electrons. The number of rotatable bonds is 6. The summed E-state index contributed by atoms with van der Waals surface area (Å²) in [4.78, 5) is 11.3. The standard InChI is InChI=1S/C11H22N2O2/c1-2-6-13-11(14)8-15-10-5-3-4-9(10)7-12/h9-10H,2-8,12H2,1H3,(H,13,14). The molecular weight excluding hydrogens is 192 g/mol. The third-order valence-electron chi connectivity index (χ3n) is 2.89. The van der Waals surface area contributed by atoms with E-state index in [1.54, 1.807) is 0 Å². The largest absolute Gasteiger partial charge is 0.368 e. The van der Waals surface area contributed by atoms with Gasteiger partial charge in [-0.1, -0.05) is 13.3 Å². The molecule has 1 aliphatic carbocycles. The van der Waals surface area contributed by atoms with Crippen LogP contribution in [0.1, 0.15) is 32.6 Å². The van der Waals surface area contributed by atoms with Gasteiger partial charge in [0, 0.05) is 6.54 Å². The highest BCUT2D eigenvalue weighted by Gasteiger charge is 2.27. The zero-order valence-electron chi connectivity index (χ0n) is 9.50. The lowest BCUT2D eigenvalue weighted by Crippen LogP contribution is -2.32. The molecule has 0 aromatic carbocycles. The van der Waals surface area contributed by atoms with Gasteiger partial charge in [0.2, 0.25) is 5.91 Å². The van der Waals surface area contributed by atoms with Gasteiger partial charge in [-0.3, -0.25) is 4.79 Å². The second-order valence-corrected chi connectivity index (χ2v) is 4.13. The van der Waals surface area contributed by atoms with E-state index in [0.29, 0.717) is 12.5 Å². The van der Waals surface area contributed by atoms with Gasteiger partial charge in [-0.05, 0) is 31.7 Å². The van der Waals surface area contributed by atoms with Crippen LogP contribution in [0, 0.1) is 5.92 Å². The Bertz CT molecular complexity index is 197. The molecule has 3 N–H and O–H groups in total. The quantitative estimate of drug-likeness (QED) is 0.682. The summed E-state index contributed by atoms with van der Waals surface area (Å²) in [7, 11) is 0. The van der Waals surface area contributed by atoms with Gasteiger partial charge in [-0.15, -0.1) is 0 Å². The first-order valence-corrected chi connectivity index (χ1v) is 5.86. The number of hydrogen-bond acceptors (Lipinski definition) is 3. The molecule has 0 heterocycles. The van der Waals surface area contributed by atoms with Crippen molar-refractivity contribution in [3.05, 3.63) is 0 Å². The third-order valence-corrected chi connectivity index (χ3v) is 2.89. The van der Waals surface area contributed by atoms with Crippen LogP contribution in [0.25, 0.3) is 0 Å². The molecule has 0 aliphatic heterocycles. The van der Waals surface area contributed by atoms with Crippen LogP contribution in [0.5, 0.6) is 0 Å². The first-order valence-electron chi connectivity index (χ1n) is 5.86. The molecule has 4 heteroatoms. The summed E-state index contributed by atoms with van der Waals surface area (Å²) in [6.07, 6.45) is 4.51. The van der Waals surface area contributed by atoms with Gasteiger partial charge in [0.05, 0.1) is 6.10 Å². The summed E-state index contributed by atoms with van der Waals surface area (Å²) < 4.78 is 5.57. The third kappa shape index (κ3) is 4.18. The van der Waals surface area contributed by atoms with Crippen molar-refractivity contribution in [2.24, 2.45) is 11.7 Å². The molecule has 1 aliphatic rings. The van der Waals surface area contributed by atoms with E-state index in [1.807, 2.05) is 6.92 Å². The molecule has 0 aromatic heterocycles. The first kappa shape index (κ1) is 12.5. The van der Waals surface area contributed by atoms with Crippen LogP contribution in [0.3, 0.4) is 0 Å². The summed E-state index contributed by atoms with van der Waals surface area (Å²) in [6.45, 7) is 3.61. The number of nitrogens with two attached hydrogens (primary N) is 1. The zero-order chi connectivity index (χ0) is 11.1. The molecule has 0 aromatic rings. The van der Waals surface area contributed by atoms with Crippen molar-refractivity contribution >= 4 is 5.91 Å². The van der Waals surface area contributed by atoms with Gasteiger partial charge in [0.25, 0.3) is 0 Å². The van der Waals surface area contributed by atoms with Crippen LogP contribution in [0.4, 0.5) is 0 Å². The maximum absolute atomic E-state index is 11.3. The van der Waals surface area contributed by atoms with Gasteiger partial charge < -0.3 is 15.8 Å². The summed E-state index contributed by atoms with van der Waals surface area (Å²) in [6, 6.07) is 0. The van der Waals surface area contributed by atoms with E-state index in [4.69, 9.17) is 10.5 Å². The van der Waals surface area contributed by atoms with Gasteiger partial charge in [-0.2, -0.15) is 0 Å². The summed E-state index contributed by atoms with van der Waals surface area (Å²) in [5.74, 6) is 0.434. The van der Waals surface area contributed by atoms with E-state index in [1.165, 1.54) is 6.42 Å². The smallest absolute Gasteiger partial charge is 0.246 e. The molecule has 1 amide bonds. The van der Waals surface area contributed by atoms with Crippen molar-refractivity contribution in [1.29, 1.82) is 0 Å². The second-order valence-electron chi connectivity index (χ2n) is 4.13. The Morgan fingerprint density at radius 2 is 2.33 bits per heavy atom. The normalized spacial score (nSPS) is 25.5. The van der Waals surface area contributed by atoms with Crippen molar-refractivity contribution < 1.29 is 9.53 Å². The second kappa shape index (κ2) is 6.80. The minimum Gasteiger partial charge on any atom is -0.368 e. The fourth-order valence-electron chi connectivity index (χ4n) is 1.99. The van der Waals surface area contributed by atoms with E-state index < -0.39 is 0 Å². The summed E-state index contributed by atoms with van der Waals surface area (Å²) >= 11 is 0. The fraction of sp³-hybridized carbons (Fsp3) is 0.909. The van der Waals surface area contributed by atoms with E-state index in [9.17, 15) is 4.79 Å². The fourth-order valence-corrected chi connectivity index (χ4v) is 1.99. The number of hydrogen-bond donors (Lipinski definition) is 2. The molecular formula is C11H22N2O2. The molecule has 0 saturated heterocycles. The van der Waals surface area contributed by atoms with Crippen LogP contribution in [0.2, 0.25) is 0 Å². The molecule has 1 saturated carbocycles. The van der Waals surface area contributed by atoms with Crippen LogP contribution in [-0.4, -0.2) is 31.7 Å². The number of ether oxygens (including phenoxy) is 1. The Kier molecular flexibility index (Phi) is 5.65. The lowest BCUT2D eigenvalue weighted by molar-refractivity contribution is -0.128. The van der Waals surface area contributed by atoms with Crippen LogP contribution in [-0.2, 0) is 9.53 Å². The number of nitrogens with one attached hydrogen (secondary N) is 1. The molecule has 1 rings (SSSR count). The lowest BCUT2D eigenvalue weighted by atomic mass is 10.1. The van der Waals surface area contributed by atoms with Gasteiger partial charge in [0.15, 0.2) is 0 Å². The summed E-state index contributed by atoms with van der Waals surface area (Å²) in [5.41, 5.74) is 5.63. The molecule has 0 spiro atoms. The average Bonchev–Trinajstić information content (AvgIpc) is 2.70. The Morgan fingerprint density at radius 3 is 3.00 bits per heavy atom. The van der Waals surface area contributed by atoms with Gasteiger partial charge >= 0.3 is 0 Å². The van der Waals surface area contributed by atoms with Crippen molar-refractivity contribution in [3.63, 3.8) is 0 Å². The van der Waals surface area contributed by atoms with E-state index in [-0.39, 0.29) is 18.6 Å². The van der Waals surface area contributed by atoms with E-state index >= 15 is 0 Å². The van der Waals surface area contributed by atoms with E-state index in [0.717, 1.165) is 25.8 Å². The average molecular weight is 214 g/mol. The minimum atomic E-state index is -0.0143. The van der Waals surface area contributed by atoms with Gasteiger partial charge in [-0.25, -0.2) is 0 Å². The van der Waals surface area contributed by atoms with Crippen LogP contribution < -0.4 is 11.1 Å². The maximum Gasteiger partial charge on any atom is 0.246 e. The van der Waals surface area contributed by atoms with Crippen LogP contribution in [0.15, 0.2) is 0 Å². The molecule has 2 atom stereocenters. The number of carbonyl (C=O) groups is 1. The number of carbonyl (C=O) groups excluding carboxylic acids is 1. The topological polar surface area (TPSA) is 64.3 Å². The Balaban J connectivity index is 2.15. The molecule has 0 radical (unpaired) electrons. The van der Waals surface area contributed by atoms with Gasteiger partial charge in [0.1, 0.15) is 6.61 Å². The SMILES string of the molecule is CCCNC(=O)COC1CCCC1CN. The first-order chi connectivity index (χ1) is 7.27. The predicted molar refractivity (Wildman–Crippen MR) is 59.4 cm³/mol. The van der Waals surface area contributed by atoms with Crippen molar-refractivity contribution in [3.8, 4) is 0 Å². The number of amides is 1. The zero-order valence-corrected chi connectivity index (χ0v) is 9.50. The predicted octanol–water partition coefficient (Wildman–Crippen LogP) is 0.657. The van der Waals surface area contributed by atoms with Crippen molar-refractivity contribution in [2.45, 2.75) is 38.7 Å². The molecule has 0 bridgehead atoms. The highest BCUT2D eigenvalue weighted by molar-refractivity contribution is 5.77. The maximum atomic E-state index is 11.3. The molecule has 2 unspecified atom stereocenters.